The van der Waals surface area contributed by atoms with Crippen LogP contribution in [0.4, 0.5) is 4.79 Å². The van der Waals surface area contributed by atoms with Crippen molar-refractivity contribution >= 4 is 23.4 Å². The zero-order chi connectivity index (χ0) is 21.5. The third-order valence-electron chi connectivity index (χ3n) is 4.76. The van der Waals surface area contributed by atoms with Crippen molar-refractivity contribution in [1.29, 1.82) is 0 Å². The molecule has 1 aromatic rings. The second-order valence-corrected chi connectivity index (χ2v) is 9.58. The lowest BCUT2D eigenvalue weighted by molar-refractivity contribution is 0.0168. The highest BCUT2D eigenvalue weighted by Gasteiger charge is 2.28. The highest BCUT2D eigenvalue weighted by Crippen LogP contribution is 2.23. The van der Waals surface area contributed by atoms with E-state index in [0.717, 1.165) is 31.5 Å². The molecule has 2 heterocycles. The predicted molar refractivity (Wildman–Crippen MR) is 118 cm³/mol. The van der Waals surface area contributed by atoms with Crippen LogP contribution in [0.3, 0.4) is 0 Å². The molecule has 1 aromatic heterocycles. The van der Waals surface area contributed by atoms with E-state index in [1.807, 2.05) is 44.5 Å². The van der Waals surface area contributed by atoms with Crippen LogP contribution in [0.1, 0.15) is 53.0 Å². The van der Waals surface area contributed by atoms with Gasteiger partial charge in [0.05, 0.1) is 6.54 Å². The summed E-state index contributed by atoms with van der Waals surface area (Å²) in [6.45, 7) is 12.6. The third kappa shape index (κ3) is 7.85. The molecule has 7 nitrogen and oxygen atoms in total. The first-order valence-corrected chi connectivity index (χ1v) is 11.3. The average Bonchev–Trinajstić information content (AvgIpc) is 3.19. The second kappa shape index (κ2) is 10.3. The quantitative estimate of drug-likeness (QED) is 0.482. The summed E-state index contributed by atoms with van der Waals surface area (Å²) in [7, 11) is 0. The van der Waals surface area contributed by atoms with Crippen LogP contribution in [0.15, 0.2) is 21.8 Å². The maximum atomic E-state index is 12.3. The molecule has 164 valence electrons. The Morgan fingerprint density at radius 3 is 2.76 bits per heavy atom. The van der Waals surface area contributed by atoms with E-state index in [2.05, 4.69) is 15.6 Å². The maximum Gasteiger partial charge on any atom is 0.410 e. The highest BCUT2D eigenvalue weighted by molar-refractivity contribution is 7.08. The normalized spacial score (nSPS) is 20.1. The molecular weight excluding hydrogens is 388 g/mol. The molecule has 29 heavy (non-hydrogen) atoms. The molecule has 0 spiro atoms. The molecule has 2 rings (SSSR count). The number of rotatable bonds is 6. The number of likely N-dealkylation sites (tertiary alicyclic amines) is 1. The molecule has 0 aliphatic carbocycles. The van der Waals surface area contributed by atoms with Gasteiger partial charge in [0.25, 0.3) is 0 Å². The van der Waals surface area contributed by atoms with Crippen molar-refractivity contribution in [2.45, 2.75) is 58.7 Å². The van der Waals surface area contributed by atoms with Crippen LogP contribution in [0, 0.1) is 5.92 Å². The molecule has 3 N–H and O–H groups in total. The summed E-state index contributed by atoms with van der Waals surface area (Å²) in [5.74, 6) is 1.01. The Morgan fingerprint density at radius 1 is 1.38 bits per heavy atom. The van der Waals surface area contributed by atoms with Gasteiger partial charge < -0.3 is 25.4 Å². The minimum absolute atomic E-state index is 0.241. The molecule has 8 heteroatoms. The Kier molecular flexibility index (Phi) is 8.34. The Bertz CT molecular complexity index is 668. The Hall–Kier alpha value is -1.80. The molecular formula is C21H36N4O3S. The van der Waals surface area contributed by atoms with Gasteiger partial charge in [0.1, 0.15) is 11.2 Å². The first-order chi connectivity index (χ1) is 13.6. The lowest BCUT2D eigenvalue weighted by Gasteiger charge is -2.34. The van der Waals surface area contributed by atoms with Crippen LogP contribution >= 0.6 is 11.3 Å². The SMILES string of the molecule is CCNC(=NCC(C)(O)c1ccsc1)NCC1CCCN(C(=O)OC(C)(C)C)C1. The summed E-state index contributed by atoms with van der Waals surface area (Å²) >= 11 is 1.56. The van der Waals surface area contributed by atoms with Crippen molar-refractivity contribution in [3.63, 3.8) is 0 Å². The van der Waals surface area contributed by atoms with Crippen LogP contribution in [-0.4, -0.2) is 60.4 Å². The molecule has 0 radical (unpaired) electrons. The van der Waals surface area contributed by atoms with Crippen molar-refractivity contribution in [2.24, 2.45) is 10.9 Å². The molecule has 2 unspecified atom stereocenters. The Morgan fingerprint density at radius 2 is 2.14 bits per heavy atom. The minimum Gasteiger partial charge on any atom is -0.444 e. The van der Waals surface area contributed by atoms with E-state index in [0.29, 0.717) is 25.0 Å². The number of thiophene rings is 1. The summed E-state index contributed by atoms with van der Waals surface area (Å²) in [6, 6.07) is 1.92. The molecule has 0 aromatic carbocycles. The molecule has 1 saturated heterocycles. The van der Waals surface area contributed by atoms with Crippen molar-refractivity contribution in [3.05, 3.63) is 22.4 Å². The van der Waals surface area contributed by atoms with E-state index in [9.17, 15) is 9.90 Å². The number of guanidine groups is 1. The lowest BCUT2D eigenvalue weighted by atomic mass is 9.98. The average molecular weight is 425 g/mol. The molecule has 1 aliphatic heterocycles. The molecule has 0 saturated carbocycles. The van der Waals surface area contributed by atoms with Crippen molar-refractivity contribution in [2.75, 3.05) is 32.7 Å². The van der Waals surface area contributed by atoms with Gasteiger partial charge in [-0.1, -0.05) is 0 Å². The monoisotopic (exact) mass is 424 g/mol. The van der Waals surface area contributed by atoms with E-state index >= 15 is 0 Å². The van der Waals surface area contributed by atoms with Gasteiger partial charge in [-0.25, -0.2) is 9.79 Å². The largest absolute Gasteiger partial charge is 0.444 e. The van der Waals surface area contributed by atoms with Gasteiger partial charge in [-0.15, -0.1) is 0 Å². The van der Waals surface area contributed by atoms with E-state index in [4.69, 9.17) is 4.74 Å². The summed E-state index contributed by atoms with van der Waals surface area (Å²) in [4.78, 5) is 18.7. The lowest BCUT2D eigenvalue weighted by Crippen LogP contribution is -2.47. The maximum absolute atomic E-state index is 12.3. The number of aliphatic imine (C=N–C) groups is 1. The Labute approximate surface area is 178 Å². The number of amides is 1. The fraction of sp³-hybridized carbons (Fsp3) is 0.714. The van der Waals surface area contributed by atoms with Crippen LogP contribution in [0.2, 0.25) is 0 Å². The zero-order valence-electron chi connectivity index (χ0n) is 18.3. The third-order valence-corrected chi connectivity index (χ3v) is 5.44. The van der Waals surface area contributed by atoms with E-state index in [1.54, 1.807) is 23.2 Å². The van der Waals surface area contributed by atoms with Crippen LogP contribution in [0.5, 0.6) is 0 Å². The van der Waals surface area contributed by atoms with E-state index in [1.165, 1.54) is 0 Å². The minimum atomic E-state index is -0.999. The standard InChI is InChI=1S/C21H36N4O3S/c1-6-22-18(24-15-21(5,27)17-9-11-29-14-17)23-12-16-8-7-10-25(13-16)19(26)28-20(2,3)4/h9,11,14,16,27H,6-8,10,12-13,15H2,1-5H3,(H2,22,23,24). The number of aliphatic hydroxyl groups is 1. The summed E-state index contributed by atoms with van der Waals surface area (Å²) in [5, 5.41) is 21.2. The van der Waals surface area contributed by atoms with Gasteiger partial charge in [-0.2, -0.15) is 11.3 Å². The number of hydrogen-bond donors (Lipinski definition) is 3. The van der Waals surface area contributed by atoms with Gasteiger partial charge in [-0.3, -0.25) is 0 Å². The van der Waals surface area contributed by atoms with Crippen LogP contribution in [0.25, 0.3) is 0 Å². The summed E-state index contributed by atoms with van der Waals surface area (Å²) in [5.41, 5.74) is -0.602. The van der Waals surface area contributed by atoms with Crippen LogP contribution < -0.4 is 10.6 Å². The molecule has 1 fully saturated rings. The Balaban J connectivity index is 1.90. The number of carbonyl (C=O) groups is 1. The number of ether oxygens (including phenoxy) is 1. The number of hydrogen-bond acceptors (Lipinski definition) is 5. The molecule has 2 atom stereocenters. The van der Waals surface area contributed by atoms with Gasteiger partial charge >= 0.3 is 6.09 Å². The molecule has 1 amide bonds. The smallest absolute Gasteiger partial charge is 0.410 e. The second-order valence-electron chi connectivity index (χ2n) is 8.80. The number of piperidine rings is 1. The van der Waals surface area contributed by atoms with Gasteiger partial charge in [0.2, 0.25) is 0 Å². The van der Waals surface area contributed by atoms with Crippen LogP contribution in [-0.2, 0) is 10.3 Å². The fourth-order valence-electron chi connectivity index (χ4n) is 3.20. The highest BCUT2D eigenvalue weighted by atomic mass is 32.1. The number of carbonyl (C=O) groups excluding carboxylic acids is 1. The fourth-order valence-corrected chi connectivity index (χ4v) is 3.98. The zero-order valence-corrected chi connectivity index (χ0v) is 19.1. The van der Waals surface area contributed by atoms with Crippen molar-refractivity contribution in [3.8, 4) is 0 Å². The molecule has 0 bridgehead atoms. The number of nitrogens with zero attached hydrogens (tertiary/aromatic N) is 2. The first kappa shape index (κ1) is 23.5. The van der Waals surface area contributed by atoms with Gasteiger partial charge in [0, 0.05) is 26.2 Å². The van der Waals surface area contributed by atoms with Gasteiger partial charge in [0.15, 0.2) is 5.96 Å². The van der Waals surface area contributed by atoms with Crippen molar-refractivity contribution < 1.29 is 14.6 Å². The topological polar surface area (TPSA) is 86.2 Å². The summed E-state index contributed by atoms with van der Waals surface area (Å²) < 4.78 is 5.50. The predicted octanol–water partition coefficient (Wildman–Crippen LogP) is 3.16. The van der Waals surface area contributed by atoms with E-state index < -0.39 is 11.2 Å². The van der Waals surface area contributed by atoms with Gasteiger partial charge in [-0.05, 0) is 75.8 Å². The molecule has 1 aliphatic rings. The number of nitrogens with one attached hydrogen (secondary N) is 2. The summed E-state index contributed by atoms with van der Waals surface area (Å²) in [6.07, 6.45) is 1.78. The first-order valence-electron chi connectivity index (χ1n) is 10.4. The van der Waals surface area contributed by atoms with E-state index in [-0.39, 0.29) is 12.6 Å². The van der Waals surface area contributed by atoms with Crippen molar-refractivity contribution in [1.82, 2.24) is 15.5 Å².